The second-order valence-corrected chi connectivity index (χ2v) is 0. The van der Waals surface area contributed by atoms with E-state index in [-0.39, 0.29) is 36.0 Å². The molecule has 1 nitrogen and oxygen atoms in total. The zero-order valence-corrected chi connectivity index (χ0v) is 6.00. The van der Waals surface area contributed by atoms with Crippen molar-refractivity contribution in [3.63, 3.8) is 0 Å². The molecule has 0 aliphatic rings. The van der Waals surface area contributed by atoms with E-state index < -0.39 is 0 Å². The van der Waals surface area contributed by atoms with Crippen LogP contribution in [-0.4, -0.2) is 0 Å². The Morgan fingerprint density at radius 1 is 1.25 bits per heavy atom. The SMILES string of the molecule is C#N.[Ni].[Zn]. The van der Waals surface area contributed by atoms with Crippen molar-refractivity contribution in [3.8, 4) is 6.57 Å². The van der Waals surface area contributed by atoms with Crippen molar-refractivity contribution in [2.75, 3.05) is 0 Å². The molecule has 0 saturated carbocycles. The summed E-state index contributed by atoms with van der Waals surface area (Å²) in [6, 6.07) is 0. The van der Waals surface area contributed by atoms with Gasteiger partial charge in [-0.15, -0.1) is 0 Å². The van der Waals surface area contributed by atoms with E-state index >= 15 is 0 Å². The van der Waals surface area contributed by atoms with Gasteiger partial charge in [-0.05, 0) is 0 Å². The zero-order valence-electron chi connectivity index (χ0n) is 2.05. The topological polar surface area (TPSA) is 23.8 Å². The third-order valence-corrected chi connectivity index (χ3v) is 0. The normalized spacial score (nSPS) is 0.500. The number of rotatable bonds is 0. The summed E-state index contributed by atoms with van der Waals surface area (Å²) in [5.74, 6) is 0. The van der Waals surface area contributed by atoms with Gasteiger partial charge in [0.1, 0.15) is 0 Å². The maximum atomic E-state index is 6.50. The number of nitrogens with zero attached hydrogens (tertiary/aromatic N) is 1. The molecular formula is CHNNiZn. The fraction of sp³-hybridized carbons (Fsp3) is 0. The maximum Gasteiger partial charge on any atom is 0.0462 e. The van der Waals surface area contributed by atoms with Gasteiger partial charge >= 0.3 is 0 Å². The van der Waals surface area contributed by atoms with E-state index in [0.29, 0.717) is 0 Å². The van der Waals surface area contributed by atoms with Gasteiger partial charge in [-0.1, -0.05) is 0 Å². The Morgan fingerprint density at radius 3 is 1.25 bits per heavy atom. The summed E-state index contributed by atoms with van der Waals surface area (Å²) < 4.78 is 0. The molecule has 0 bridgehead atoms. The summed E-state index contributed by atoms with van der Waals surface area (Å²) in [5, 5.41) is 6.50. The van der Waals surface area contributed by atoms with Crippen molar-refractivity contribution in [1.29, 1.82) is 5.26 Å². The molecule has 0 saturated heterocycles. The average Bonchev–Trinajstić information content (AvgIpc) is 1.00. The number of hydrogen-bond acceptors (Lipinski definition) is 1. The minimum absolute atomic E-state index is 0. The van der Waals surface area contributed by atoms with Gasteiger partial charge in [0.05, 0.1) is 0 Å². The third kappa shape index (κ3) is 18.3. The van der Waals surface area contributed by atoms with Gasteiger partial charge in [-0.3, -0.25) is 0 Å². The van der Waals surface area contributed by atoms with E-state index in [1.807, 2.05) is 0 Å². The standard InChI is InChI=1S/CHN.Ni.Zn/c1-2;;/h1H;;. The second kappa shape index (κ2) is 66.6. The van der Waals surface area contributed by atoms with Crippen LogP contribution < -0.4 is 0 Å². The van der Waals surface area contributed by atoms with Crippen molar-refractivity contribution in [2.24, 2.45) is 0 Å². The first-order chi connectivity index (χ1) is 1.00. The maximum absolute atomic E-state index is 6.50. The number of nitriles is 1. The minimum Gasteiger partial charge on any atom is -0.202 e. The Kier molecular flexibility index (Phi) is 386. The molecule has 0 spiro atoms. The third-order valence-electron chi connectivity index (χ3n) is 0. The Bertz CT molecular complexity index is 12.8. The van der Waals surface area contributed by atoms with Gasteiger partial charge in [0.25, 0.3) is 0 Å². The van der Waals surface area contributed by atoms with Crippen LogP contribution in [0.3, 0.4) is 0 Å². The molecule has 0 aromatic rings. The van der Waals surface area contributed by atoms with Crippen LogP contribution in [0.5, 0.6) is 0 Å². The summed E-state index contributed by atoms with van der Waals surface area (Å²) >= 11 is 0. The van der Waals surface area contributed by atoms with Crippen LogP contribution in [0, 0.1) is 11.8 Å². The predicted octanol–water partition coefficient (Wildman–Crippen LogP) is 0.135. The van der Waals surface area contributed by atoms with Crippen molar-refractivity contribution in [2.45, 2.75) is 0 Å². The molecule has 4 heavy (non-hydrogen) atoms. The molecule has 0 aromatic heterocycles. The molecule has 0 unspecified atom stereocenters. The molecule has 0 rings (SSSR count). The molecule has 0 radical (unpaired) electrons. The molecule has 0 fully saturated rings. The van der Waals surface area contributed by atoms with E-state index in [4.69, 9.17) is 5.26 Å². The Labute approximate surface area is 48.1 Å². The fourth-order valence-electron chi connectivity index (χ4n) is 0. The molecule has 0 heterocycles. The van der Waals surface area contributed by atoms with Gasteiger partial charge < -0.3 is 0 Å². The Balaban J connectivity index is -0.00000000500. The summed E-state index contributed by atoms with van der Waals surface area (Å²) in [6.07, 6.45) is 0. The molecule has 22 valence electrons. The van der Waals surface area contributed by atoms with Crippen LogP contribution in [0.15, 0.2) is 0 Å². The first-order valence-electron chi connectivity index (χ1n) is 0.258. The largest absolute Gasteiger partial charge is 0.202 e. The van der Waals surface area contributed by atoms with Crippen molar-refractivity contribution in [3.05, 3.63) is 0 Å². The Hall–Kier alpha value is 0.607. The van der Waals surface area contributed by atoms with Crippen LogP contribution in [0.25, 0.3) is 0 Å². The van der Waals surface area contributed by atoms with E-state index in [2.05, 4.69) is 6.57 Å². The molecule has 3 heteroatoms. The van der Waals surface area contributed by atoms with E-state index in [1.54, 1.807) is 0 Å². The molecular weight excluding hydrogens is 150 g/mol. The molecule has 0 atom stereocenters. The minimum atomic E-state index is 0. The van der Waals surface area contributed by atoms with Gasteiger partial charge in [-0.25, -0.2) is 5.26 Å². The zero-order chi connectivity index (χ0) is 2.00. The van der Waals surface area contributed by atoms with Gasteiger partial charge in [0, 0.05) is 42.5 Å². The molecule has 0 aliphatic heterocycles. The Morgan fingerprint density at radius 2 is 1.25 bits per heavy atom. The first-order valence-corrected chi connectivity index (χ1v) is 0.258. The van der Waals surface area contributed by atoms with Crippen LogP contribution in [0.1, 0.15) is 0 Å². The van der Waals surface area contributed by atoms with Crippen LogP contribution in [-0.2, 0) is 36.0 Å². The average molecular weight is 151 g/mol. The van der Waals surface area contributed by atoms with E-state index in [9.17, 15) is 0 Å². The summed E-state index contributed by atoms with van der Waals surface area (Å²) in [5.41, 5.74) is 0. The van der Waals surface area contributed by atoms with Crippen LogP contribution in [0.4, 0.5) is 0 Å². The van der Waals surface area contributed by atoms with Gasteiger partial charge in [0.2, 0.25) is 0 Å². The summed E-state index contributed by atoms with van der Waals surface area (Å²) in [7, 11) is 0. The molecule has 0 N–H and O–H groups in total. The van der Waals surface area contributed by atoms with Crippen molar-refractivity contribution >= 4 is 0 Å². The quantitative estimate of drug-likeness (QED) is 0.451. The summed E-state index contributed by atoms with van der Waals surface area (Å²) in [6.45, 7) is 3.50. The number of hydrogen-bond donors (Lipinski definition) is 0. The molecule has 0 amide bonds. The van der Waals surface area contributed by atoms with Gasteiger partial charge in [-0.2, -0.15) is 0 Å². The second-order valence-electron chi connectivity index (χ2n) is 0. The van der Waals surface area contributed by atoms with Gasteiger partial charge in [0.15, 0.2) is 0 Å². The first kappa shape index (κ1) is 23.2. The predicted molar refractivity (Wildman–Crippen MR) is 6.67 cm³/mol. The molecule has 0 aliphatic carbocycles. The van der Waals surface area contributed by atoms with Crippen LogP contribution >= 0.6 is 0 Å². The smallest absolute Gasteiger partial charge is 0.0462 e. The summed E-state index contributed by atoms with van der Waals surface area (Å²) in [4.78, 5) is 0. The van der Waals surface area contributed by atoms with Crippen molar-refractivity contribution < 1.29 is 36.0 Å². The monoisotopic (exact) mass is 149 g/mol. The van der Waals surface area contributed by atoms with Crippen LogP contribution in [0.2, 0.25) is 0 Å². The van der Waals surface area contributed by atoms with E-state index in [1.165, 1.54) is 0 Å². The van der Waals surface area contributed by atoms with E-state index in [0.717, 1.165) is 0 Å². The molecule has 0 aromatic carbocycles. The van der Waals surface area contributed by atoms with Crippen molar-refractivity contribution in [1.82, 2.24) is 0 Å². The fourth-order valence-corrected chi connectivity index (χ4v) is 0.